The third-order valence-electron chi connectivity index (χ3n) is 5.00. The second kappa shape index (κ2) is 11.6. The van der Waals surface area contributed by atoms with Crippen molar-refractivity contribution in [2.75, 3.05) is 0 Å². The maximum Gasteiger partial charge on any atom is 0.243 e. The Morgan fingerprint density at radius 3 is 2.24 bits per heavy atom. The molecule has 2 aromatic carbocycles. The second-order valence-electron chi connectivity index (χ2n) is 7.42. The number of amides is 2. The highest BCUT2D eigenvalue weighted by Crippen LogP contribution is 2.18. The normalized spacial score (nSPS) is 12.8. The van der Waals surface area contributed by atoms with Crippen molar-refractivity contribution in [2.24, 2.45) is 0 Å². The maximum atomic E-state index is 13.2. The number of benzene rings is 2. The molecule has 2 amide bonds. The van der Waals surface area contributed by atoms with Crippen LogP contribution in [0.2, 0.25) is 5.02 Å². The fourth-order valence-corrected chi connectivity index (χ4v) is 3.27. The first kappa shape index (κ1) is 23.0. The van der Waals surface area contributed by atoms with Gasteiger partial charge in [0.15, 0.2) is 0 Å². The van der Waals surface area contributed by atoms with E-state index in [-0.39, 0.29) is 17.9 Å². The minimum Gasteiger partial charge on any atom is -0.352 e. The van der Waals surface area contributed by atoms with Crippen LogP contribution in [-0.2, 0) is 22.6 Å². The Morgan fingerprint density at radius 1 is 1.00 bits per heavy atom. The molecule has 29 heavy (non-hydrogen) atoms. The van der Waals surface area contributed by atoms with Gasteiger partial charge in [-0.05, 0) is 43.0 Å². The van der Waals surface area contributed by atoms with Gasteiger partial charge in [-0.3, -0.25) is 9.59 Å². The second-order valence-corrected chi connectivity index (χ2v) is 7.86. The van der Waals surface area contributed by atoms with Crippen LogP contribution in [0.25, 0.3) is 0 Å². The summed E-state index contributed by atoms with van der Waals surface area (Å²) in [6.45, 7) is 6.37. The Bertz CT molecular complexity index is 777. The Kier molecular flexibility index (Phi) is 9.20. The molecule has 0 aliphatic rings. The number of nitrogens with one attached hydrogen (secondary N) is 1. The molecule has 2 aromatic rings. The van der Waals surface area contributed by atoms with Crippen molar-refractivity contribution < 1.29 is 9.59 Å². The Morgan fingerprint density at radius 2 is 1.66 bits per heavy atom. The van der Waals surface area contributed by atoms with Gasteiger partial charge in [-0.2, -0.15) is 0 Å². The summed E-state index contributed by atoms with van der Waals surface area (Å²) < 4.78 is 0. The monoisotopic (exact) mass is 414 g/mol. The number of rotatable bonds is 10. The molecule has 0 unspecified atom stereocenters. The van der Waals surface area contributed by atoms with E-state index in [0.29, 0.717) is 24.4 Å². The average molecular weight is 415 g/mol. The number of carbonyl (C=O) groups is 2. The first-order valence-electron chi connectivity index (χ1n) is 10.3. The van der Waals surface area contributed by atoms with Crippen LogP contribution in [0.1, 0.15) is 51.2 Å². The van der Waals surface area contributed by atoms with Crippen molar-refractivity contribution in [1.82, 2.24) is 10.2 Å². The van der Waals surface area contributed by atoms with Gasteiger partial charge in [-0.15, -0.1) is 0 Å². The topological polar surface area (TPSA) is 49.4 Å². The standard InChI is InChI=1S/C24H31ClN2O2/c1-4-9-23(28)27(17-20-12-14-21(25)15-13-20)22(24(29)26-18(3)5-2)16-19-10-7-6-8-11-19/h6-8,10-15,18,22H,4-5,9,16-17H2,1-3H3,(H,26,29)/t18-,22+/m0/s1. The van der Waals surface area contributed by atoms with Crippen molar-refractivity contribution in [3.63, 3.8) is 0 Å². The van der Waals surface area contributed by atoms with Crippen molar-refractivity contribution in [2.45, 2.75) is 65.1 Å². The first-order valence-corrected chi connectivity index (χ1v) is 10.7. The lowest BCUT2D eigenvalue weighted by molar-refractivity contribution is -0.141. The van der Waals surface area contributed by atoms with Crippen LogP contribution >= 0.6 is 11.6 Å². The zero-order valence-electron chi connectivity index (χ0n) is 17.5. The summed E-state index contributed by atoms with van der Waals surface area (Å²) in [4.78, 5) is 27.9. The predicted molar refractivity (Wildman–Crippen MR) is 119 cm³/mol. The van der Waals surface area contributed by atoms with Crippen LogP contribution in [-0.4, -0.2) is 28.8 Å². The number of hydrogen-bond donors (Lipinski definition) is 1. The molecular weight excluding hydrogens is 384 g/mol. The van der Waals surface area contributed by atoms with E-state index in [1.54, 1.807) is 4.90 Å². The summed E-state index contributed by atoms with van der Waals surface area (Å²) >= 11 is 6.01. The molecule has 0 saturated carbocycles. The number of carbonyl (C=O) groups excluding carboxylic acids is 2. The molecule has 0 fully saturated rings. The third kappa shape index (κ3) is 7.21. The number of halogens is 1. The third-order valence-corrected chi connectivity index (χ3v) is 5.25. The molecule has 1 N–H and O–H groups in total. The average Bonchev–Trinajstić information content (AvgIpc) is 2.72. The van der Waals surface area contributed by atoms with Gasteiger partial charge in [-0.1, -0.05) is 67.9 Å². The van der Waals surface area contributed by atoms with E-state index < -0.39 is 6.04 Å². The number of nitrogens with zero attached hydrogens (tertiary/aromatic N) is 1. The van der Waals surface area contributed by atoms with E-state index in [1.165, 1.54) is 0 Å². The summed E-state index contributed by atoms with van der Waals surface area (Å²) in [6.07, 6.45) is 2.46. The van der Waals surface area contributed by atoms with Gasteiger partial charge < -0.3 is 10.2 Å². The molecule has 0 aromatic heterocycles. The fraction of sp³-hybridized carbons (Fsp3) is 0.417. The van der Waals surface area contributed by atoms with Crippen LogP contribution in [0.5, 0.6) is 0 Å². The van der Waals surface area contributed by atoms with Crippen LogP contribution in [0.4, 0.5) is 0 Å². The fourth-order valence-electron chi connectivity index (χ4n) is 3.14. The molecule has 2 atom stereocenters. The Hall–Kier alpha value is -2.33. The molecule has 0 aliphatic carbocycles. The van der Waals surface area contributed by atoms with Gasteiger partial charge in [0.1, 0.15) is 6.04 Å². The SMILES string of the molecule is CCCC(=O)N(Cc1ccc(Cl)cc1)[C@H](Cc1ccccc1)C(=O)N[C@@H](C)CC. The highest BCUT2D eigenvalue weighted by molar-refractivity contribution is 6.30. The van der Waals surface area contributed by atoms with Gasteiger partial charge in [0.25, 0.3) is 0 Å². The van der Waals surface area contributed by atoms with E-state index in [4.69, 9.17) is 11.6 Å². The minimum absolute atomic E-state index is 0.0114. The zero-order valence-corrected chi connectivity index (χ0v) is 18.3. The van der Waals surface area contributed by atoms with Crippen molar-refractivity contribution >= 4 is 23.4 Å². The van der Waals surface area contributed by atoms with E-state index >= 15 is 0 Å². The van der Waals surface area contributed by atoms with E-state index in [9.17, 15) is 9.59 Å². The van der Waals surface area contributed by atoms with Gasteiger partial charge in [-0.25, -0.2) is 0 Å². The summed E-state index contributed by atoms with van der Waals surface area (Å²) in [6, 6.07) is 16.8. The van der Waals surface area contributed by atoms with Crippen LogP contribution in [0, 0.1) is 0 Å². The molecule has 0 radical (unpaired) electrons. The maximum absolute atomic E-state index is 13.2. The lowest BCUT2D eigenvalue weighted by atomic mass is 10.0. The molecule has 5 heteroatoms. The number of hydrogen-bond acceptors (Lipinski definition) is 2. The first-order chi connectivity index (χ1) is 13.9. The molecule has 0 spiro atoms. The van der Waals surface area contributed by atoms with E-state index in [1.807, 2.05) is 75.4 Å². The minimum atomic E-state index is -0.568. The van der Waals surface area contributed by atoms with Gasteiger partial charge in [0, 0.05) is 30.5 Å². The lowest BCUT2D eigenvalue weighted by Crippen LogP contribution is -2.52. The summed E-state index contributed by atoms with van der Waals surface area (Å²) in [5.41, 5.74) is 1.98. The zero-order chi connectivity index (χ0) is 21.2. The highest BCUT2D eigenvalue weighted by Gasteiger charge is 2.30. The summed E-state index contributed by atoms with van der Waals surface area (Å²) in [5.74, 6) is -0.121. The summed E-state index contributed by atoms with van der Waals surface area (Å²) in [7, 11) is 0. The van der Waals surface area contributed by atoms with Gasteiger partial charge in [0.05, 0.1) is 0 Å². The molecule has 2 rings (SSSR count). The Labute approximate surface area is 179 Å². The lowest BCUT2D eigenvalue weighted by Gasteiger charge is -2.32. The molecular formula is C24H31ClN2O2. The van der Waals surface area contributed by atoms with Gasteiger partial charge >= 0.3 is 0 Å². The quantitative estimate of drug-likeness (QED) is 0.595. The van der Waals surface area contributed by atoms with Gasteiger partial charge in [0.2, 0.25) is 11.8 Å². The molecule has 0 bridgehead atoms. The van der Waals surface area contributed by atoms with E-state index in [2.05, 4.69) is 5.32 Å². The molecule has 156 valence electrons. The molecule has 0 heterocycles. The van der Waals surface area contributed by atoms with Crippen LogP contribution in [0.3, 0.4) is 0 Å². The van der Waals surface area contributed by atoms with Crippen molar-refractivity contribution in [1.29, 1.82) is 0 Å². The van der Waals surface area contributed by atoms with E-state index in [0.717, 1.165) is 24.0 Å². The molecule has 0 aliphatic heterocycles. The molecule has 0 saturated heterocycles. The highest BCUT2D eigenvalue weighted by atomic mass is 35.5. The predicted octanol–water partition coefficient (Wildman–Crippen LogP) is 4.99. The largest absolute Gasteiger partial charge is 0.352 e. The van der Waals surface area contributed by atoms with Crippen molar-refractivity contribution in [3.8, 4) is 0 Å². The van der Waals surface area contributed by atoms with Crippen LogP contribution < -0.4 is 5.32 Å². The smallest absolute Gasteiger partial charge is 0.243 e. The molecule has 4 nitrogen and oxygen atoms in total. The van der Waals surface area contributed by atoms with Crippen LogP contribution in [0.15, 0.2) is 54.6 Å². The Balaban J connectivity index is 2.35. The van der Waals surface area contributed by atoms with Crippen molar-refractivity contribution in [3.05, 3.63) is 70.7 Å². The summed E-state index contributed by atoms with van der Waals surface area (Å²) in [5, 5.41) is 3.72.